The Morgan fingerprint density at radius 3 is 1.67 bits per heavy atom. The van der Waals surface area contributed by atoms with Crippen molar-refractivity contribution < 1.29 is 4.74 Å². The van der Waals surface area contributed by atoms with Crippen LogP contribution in [0.4, 0.5) is 0 Å². The molecule has 1 atom stereocenters. The highest BCUT2D eigenvalue weighted by Gasteiger charge is 2.23. The van der Waals surface area contributed by atoms with Crippen LogP contribution in [0.3, 0.4) is 0 Å². The van der Waals surface area contributed by atoms with E-state index in [1.165, 1.54) is 96.3 Å². The Morgan fingerprint density at radius 1 is 0.778 bits per heavy atom. The summed E-state index contributed by atoms with van der Waals surface area (Å²) in [5.74, 6) is 0. The first kappa shape index (κ1) is 24.2. The summed E-state index contributed by atoms with van der Waals surface area (Å²) in [5, 5.41) is 0. The van der Waals surface area contributed by atoms with E-state index >= 15 is 0 Å². The highest BCUT2D eigenvalue weighted by Crippen LogP contribution is 2.19. The van der Waals surface area contributed by atoms with Crippen LogP contribution >= 0.6 is 0 Å². The smallest absolute Gasteiger partial charge is 0.141 e. The highest BCUT2D eigenvalue weighted by atomic mass is 16.5. The SMILES string of the molecule is CCCCCCCCCCCCCCCCCCOC1(N)C=C(N)C=CC1. The van der Waals surface area contributed by atoms with E-state index in [0.717, 1.165) is 13.0 Å². The van der Waals surface area contributed by atoms with Crippen molar-refractivity contribution in [3.05, 3.63) is 23.9 Å². The molecular weight excluding hydrogens is 332 g/mol. The number of hydrogen-bond donors (Lipinski definition) is 2. The van der Waals surface area contributed by atoms with Gasteiger partial charge >= 0.3 is 0 Å². The summed E-state index contributed by atoms with van der Waals surface area (Å²) in [4.78, 5) is 0. The number of hydrogen-bond acceptors (Lipinski definition) is 3. The van der Waals surface area contributed by atoms with Crippen LogP contribution in [0.2, 0.25) is 0 Å². The van der Waals surface area contributed by atoms with Gasteiger partial charge in [0, 0.05) is 18.7 Å². The van der Waals surface area contributed by atoms with E-state index in [1.54, 1.807) is 0 Å². The molecule has 27 heavy (non-hydrogen) atoms. The van der Waals surface area contributed by atoms with Gasteiger partial charge in [0.25, 0.3) is 0 Å². The van der Waals surface area contributed by atoms with Gasteiger partial charge in [0.2, 0.25) is 0 Å². The Bertz CT molecular complexity index is 405. The molecule has 3 nitrogen and oxygen atoms in total. The third-order valence-electron chi connectivity index (χ3n) is 5.53. The number of nitrogens with two attached hydrogens (primary N) is 2. The Labute approximate surface area is 169 Å². The maximum absolute atomic E-state index is 6.19. The highest BCUT2D eigenvalue weighted by molar-refractivity contribution is 5.24. The van der Waals surface area contributed by atoms with Crippen molar-refractivity contribution in [1.29, 1.82) is 0 Å². The van der Waals surface area contributed by atoms with Crippen molar-refractivity contribution in [2.24, 2.45) is 11.5 Å². The Kier molecular flexibility index (Phi) is 14.5. The average molecular weight is 379 g/mol. The zero-order valence-corrected chi connectivity index (χ0v) is 18.0. The van der Waals surface area contributed by atoms with Crippen LogP contribution in [0.5, 0.6) is 0 Å². The zero-order valence-electron chi connectivity index (χ0n) is 18.0. The minimum Gasteiger partial charge on any atom is -0.399 e. The van der Waals surface area contributed by atoms with Crippen molar-refractivity contribution in [3.8, 4) is 0 Å². The number of ether oxygens (including phenoxy) is 1. The van der Waals surface area contributed by atoms with E-state index in [-0.39, 0.29) is 0 Å². The molecular formula is C24H46N2O. The van der Waals surface area contributed by atoms with Gasteiger partial charge in [-0.1, -0.05) is 109 Å². The van der Waals surface area contributed by atoms with Gasteiger partial charge in [0.1, 0.15) is 5.72 Å². The molecule has 1 aliphatic rings. The van der Waals surface area contributed by atoms with E-state index < -0.39 is 5.72 Å². The first-order chi connectivity index (χ1) is 13.2. The van der Waals surface area contributed by atoms with Gasteiger partial charge in [-0.25, -0.2) is 0 Å². The molecule has 0 fully saturated rings. The fourth-order valence-corrected chi connectivity index (χ4v) is 3.78. The second-order valence-electron chi connectivity index (χ2n) is 8.36. The van der Waals surface area contributed by atoms with Gasteiger partial charge in [0.05, 0.1) is 0 Å². The fraction of sp³-hybridized carbons (Fsp3) is 0.833. The molecule has 1 rings (SSSR count). The van der Waals surface area contributed by atoms with E-state index in [2.05, 4.69) is 6.92 Å². The van der Waals surface area contributed by atoms with Crippen LogP contribution in [-0.2, 0) is 4.74 Å². The molecule has 0 spiro atoms. The first-order valence-corrected chi connectivity index (χ1v) is 11.7. The number of allylic oxidation sites excluding steroid dienone is 1. The van der Waals surface area contributed by atoms with Gasteiger partial charge < -0.3 is 10.5 Å². The molecule has 0 saturated heterocycles. The summed E-state index contributed by atoms with van der Waals surface area (Å²) in [7, 11) is 0. The largest absolute Gasteiger partial charge is 0.399 e. The molecule has 0 aromatic rings. The van der Waals surface area contributed by atoms with Gasteiger partial charge in [-0.05, 0) is 18.6 Å². The standard InChI is InChI=1S/C24H46N2O/c1-2-3-4-5-6-7-8-9-10-11-12-13-14-15-16-17-21-27-24(26)20-18-19-23(25)22-24/h18-19,22H,2-17,20-21,25-26H2,1H3. The minimum absolute atomic E-state index is 0.686. The summed E-state index contributed by atoms with van der Waals surface area (Å²) in [5.41, 5.74) is 12.0. The third kappa shape index (κ3) is 13.9. The molecule has 0 radical (unpaired) electrons. The normalized spacial score (nSPS) is 19.4. The molecule has 0 bridgehead atoms. The number of unbranched alkanes of at least 4 members (excludes halogenated alkanes) is 15. The van der Waals surface area contributed by atoms with E-state index in [0.29, 0.717) is 12.1 Å². The molecule has 158 valence electrons. The van der Waals surface area contributed by atoms with E-state index in [4.69, 9.17) is 16.2 Å². The summed E-state index contributed by atoms with van der Waals surface area (Å²) in [6.07, 6.45) is 28.6. The molecule has 0 aromatic carbocycles. The maximum atomic E-state index is 6.19. The Hall–Kier alpha value is -0.800. The predicted octanol–water partition coefficient (Wildman–Crippen LogP) is 6.72. The second kappa shape index (κ2) is 16.2. The van der Waals surface area contributed by atoms with Crippen molar-refractivity contribution in [2.45, 2.75) is 122 Å². The van der Waals surface area contributed by atoms with Crippen LogP contribution in [0.25, 0.3) is 0 Å². The van der Waals surface area contributed by atoms with Crippen LogP contribution in [0.15, 0.2) is 23.9 Å². The molecule has 3 heteroatoms. The van der Waals surface area contributed by atoms with Gasteiger partial charge in [-0.3, -0.25) is 5.73 Å². The molecule has 4 N–H and O–H groups in total. The first-order valence-electron chi connectivity index (χ1n) is 11.7. The molecule has 0 aromatic heterocycles. The van der Waals surface area contributed by atoms with E-state index in [9.17, 15) is 0 Å². The quantitative estimate of drug-likeness (QED) is 0.205. The molecule has 0 amide bonds. The van der Waals surface area contributed by atoms with Crippen molar-refractivity contribution in [2.75, 3.05) is 6.61 Å². The monoisotopic (exact) mass is 378 g/mol. The predicted molar refractivity (Wildman–Crippen MR) is 118 cm³/mol. The Morgan fingerprint density at radius 2 is 1.22 bits per heavy atom. The second-order valence-corrected chi connectivity index (χ2v) is 8.36. The lowest BCUT2D eigenvalue weighted by Gasteiger charge is -2.27. The molecule has 0 saturated carbocycles. The van der Waals surface area contributed by atoms with Crippen molar-refractivity contribution in [3.63, 3.8) is 0 Å². The summed E-state index contributed by atoms with van der Waals surface area (Å²) < 4.78 is 5.83. The Balaban J connectivity index is 1.76. The van der Waals surface area contributed by atoms with Crippen LogP contribution in [-0.4, -0.2) is 12.3 Å². The van der Waals surface area contributed by atoms with Crippen LogP contribution in [0, 0.1) is 0 Å². The van der Waals surface area contributed by atoms with Gasteiger partial charge in [0.15, 0.2) is 0 Å². The van der Waals surface area contributed by atoms with Crippen LogP contribution in [0.1, 0.15) is 116 Å². The van der Waals surface area contributed by atoms with Gasteiger partial charge in [-0.2, -0.15) is 0 Å². The lowest BCUT2D eigenvalue weighted by molar-refractivity contribution is -0.00501. The summed E-state index contributed by atoms with van der Waals surface area (Å²) >= 11 is 0. The maximum Gasteiger partial charge on any atom is 0.141 e. The topological polar surface area (TPSA) is 61.3 Å². The zero-order chi connectivity index (χ0) is 19.6. The van der Waals surface area contributed by atoms with Gasteiger partial charge in [-0.15, -0.1) is 0 Å². The van der Waals surface area contributed by atoms with Crippen LogP contribution < -0.4 is 11.5 Å². The van der Waals surface area contributed by atoms with E-state index in [1.807, 2.05) is 18.2 Å². The third-order valence-corrected chi connectivity index (χ3v) is 5.53. The summed E-state index contributed by atoms with van der Waals surface area (Å²) in [6.45, 7) is 3.02. The lowest BCUT2D eigenvalue weighted by atomic mass is 10.0. The molecule has 0 aliphatic heterocycles. The van der Waals surface area contributed by atoms with Crippen molar-refractivity contribution in [1.82, 2.24) is 0 Å². The number of rotatable bonds is 18. The molecule has 0 heterocycles. The molecule has 1 unspecified atom stereocenters. The fourth-order valence-electron chi connectivity index (χ4n) is 3.78. The molecule has 1 aliphatic carbocycles. The average Bonchev–Trinajstić information content (AvgIpc) is 2.64. The summed E-state index contributed by atoms with van der Waals surface area (Å²) in [6, 6.07) is 0. The van der Waals surface area contributed by atoms with Crippen molar-refractivity contribution >= 4 is 0 Å². The lowest BCUT2D eigenvalue weighted by Crippen LogP contribution is -2.42. The minimum atomic E-state index is -0.686.